The molecule has 0 fully saturated rings. The summed E-state index contributed by atoms with van der Waals surface area (Å²) in [6.07, 6.45) is 1.66. The first-order valence-corrected chi connectivity index (χ1v) is 6.84. The number of hydrogen-bond acceptors (Lipinski definition) is 3. The summed E-state index contributed by atoms with van der Waals surface area (Å²) in [6, 6.07) is 9.80. The van der Waals surface area contributed by atoms with E-state index >= 15 is 0 Å². The average Bonchev–Trinajstić information content (AvgIpc) is 2.88. The third kappa shape index (κ3) is 2.55. The van der Waals surface area contributed by atoms with Crippen LogP contribution < -0.4 is 0 Å². The van der Waals surface area contributed by atoms with Crippen molar-refractivity contribution in [2.75, 3.05) is 14.1 Å². The summed E-state index contributed by atoms with van der Waals surface area (Å²) in [5.74, 6) is -0.452. The van der Waals surface area contributed by atoms with E-state index in [-0.39, 0.29) is 11.7 Å². The molecule has 0 radical (unpaired) electrons. The number of nitrogens with zero attached hydrogens (tertiary/aromatic N) is 4. The highest BCUT2D eigenvalue weighted by molar-refractivity contribution is 6.03. The smallest absolute Gasteiger partial charge is 0.274 e. The maximum Gasteiger partial charge on any atom is 0.274 e. The molecule has 1 amide bonds. The van der Waals surface area contributed by atoms with Crippen LogP contribution in [-0.4, -0.2) is 39.7 Å². The Morgan fingerprint density at radius 1 is 1.23 bits per heavy atom. The third-order valence-electron chi connectivity index (χ3n) is 3.36. The topological polar surface area (TPSA) is 51.0 Å². The molecule has 2 heterocycles. The summed E-state index contributed by atoms with van der Waals surface area (Å²) in [4.78, 5) is 18.0. The number of halogens is 1. The van der Waals surface area contributed by atoms with Gasteiger partial charge in [0.25, 0.3) is 5.91 Å². The Hall–Kier alpha value is -2.76. The molecule has 3 aromatic rings. The van der Waals surface area contributed by atoms with Gasteiger partial charge in [-0.2, -0.15) is 5.10 Å². The van der Waals surface area contributed by atoms with Crippen molar-refractivity contribution >= 4 is 16.9 Å². The molecule has 0 spiro atoms. The van der Waals surface area contributed by atoms with Gasteiger partial charge in [0.2, 0.25) is 0 Å². The fourth-order valence-electron chi connectivity index (χ4n) is 2.25. The molecule has 1 aromatic carbocycles. The van der Waals surface area contributed by atoms with Crippen molar-refractivity contribution in [1.82, 2.24) is 19.7 Å². The Kier molecular flexibility index (Phi) is 3.58. The van der Waals surface area contributed by atoms with Crippen LogP contribution in [0.15, 0.2) is 42.6 Å². The maximum atomic E-state index is 13.0. The molecule has 0 atom stereocenters. The largest absolute Gasteiger partial charge is 0.343 e. The standard InChI is InChI=1S/C16H15FN4O/c1-20(2)16(22)14-13-4-3-9-18-15(13)21(19-14)10-11-5-7-12(17)8-6-11/h3-9H,10H2,1-2H3. The number of amides is 1. The van der Waals surface area contributed by atoms with Gasteiger partial charge in [0.1, 0.15) is 5.82 Å². The van der Waals surface area contributed by atoms with Crippen molar-refractivity contribution in [1.29, 1.82) is 0 Å². The Morgan fingerprint density at radius 3 is 2.64 bits per heavy atom. The van der Waals surface area contributed by atoms with E-state index in [1.54, 1.807) is 43.2 Å². The molecular weight excluding hydrogens is 283 g/mol. The van der Waals surface area contributed by atoms with Crippen LogP contribution in [0.25, 0.3) is 11.0 Å². The van der Waals surface area contributed by atoms with E-state index in [2.05, 4.69) is 10.1 Å². The molecule has 22 heavy (non-hydrogen) atoms. The predicted molar refractivity (Wildman–Crippen MR) is 81.0 cm³/mol. The number of carbonyl (C=O) groups is 1. The number of fused-ring (bicyclic) bond motifs is 1. The molecule has 112 valence electrons. The van der Waals surface area contributed by atoms with Gasteiger partial charge in [0.05, 0.1) is 11.9 Å². The summed E-state index contributed by atoms with van der Waals surface area (Å²) < 4.78 is 14.7. The van der Waals surface area contributed by atoms with E-state index in [0.717, 1.165) is 5.56 Å². The quantitative estimate of drug-likeness (QED) is 0.745. The van der Waals surface area contributed by atoms with E-state index in [9.17, 15) is 9.18 Å². The Balaban J connectivity index is 2.06. The molecule has 3 rings (SSSR count). The second-order valence-corrected chi connectivity index (χ2v) is 5.21. The van der Waals surface area contributed by atoms with Crippen LogP contribution in [0.1, 0.15) is 16.1 Å². The van der Waals surface area contributed by atoms with Crippen molar-refractivity contribution in [2.24, 2.45) is 0 Å². The van der Waals surface area contributed by atoms with Gasteiger partial charge in [0, 0.05) is 20.3 Å². The van der Waals surface area contributed by atoms with Crippen LogP contribution in [0.5, 0.6) is 0 Å². The van der Waals surface area contributed by atoms with Crippen molar-refractivity contribution in [3.63, 3.8) is 0 Å². The van der Waals surface area contributed by atoms with Gasteiger partial charge in [-0.05, 0) is 29.8 Å². The van der Waals surface area contributed by atoms with Crippen LogP contribution in [0, 0.1) is 5.82 Å². The number of pyridine rings is 1. The first kappa shape index (κ1) is 14.2. The molecule has 0 aliphatic carbocycles. The molecule has 0 aliphatic rings. The van der Waals surface area contributed by atoms with E-state index in [1.165, 1.54) is 17.0 Å². The van der Waals surface area contributed by atoms with Crippen LogP contribution in [0.3, 0.4) is 0 Å². The van der Waals surface area contributed by atoms with Crippen molar-refractivity contribution in [3.8, 4) is 0 Å². The summed E-state index contributed by atoms with van der Waals surface area (Å²) >= 11 is 0. The monoisotopic (exact) mass is 298 g/mol. The summed E-state index contributed by atoms with van der Waals surface area (Å²) in [7, 11) is 3.37. The lowest BCUT2D eigenvalue weighted by molar-refractivity contribution is 0.0823. The minimum atomic E-state index is -0.282. The number of hydrogen-bond donors (Lipinski definition) is 0. The van der Waals surface area contributed by atoms with Gasteiger partial charge in [-0.15, -0.1) is 0 Å². The van der Waals surface area contributed by atoms with Gasteiger partial charge in [0.15, 0.2) is 11.3 Å². The van der Waals surface area contributed by atoms with Gasteiger partial charge < -0.3 is 4.90 Å². The van der Waals surface area contributed by atoms with Crippen molar-refractivity contribution in [2.45, 2.75) is 6.54 Å². The molecule has 0 saturated carbocycles. The third-order valence-corrected chi connectivity index (χ3v) is 3.36. The maximum absolute atomic E-state index is 13.0. The molecule has 5 nitrogen and oxygen atoms in total. The number of benzene rings is 1. The molecule has 6 heteroatoms. The zero-order valence-electron chi connectivity index (χ0n) is 12.3. The summed E-state index contributed by atoms with van der Waals surface area (Å²) in [5, 5.41) is 5.11. The van der Waals surface area contributed by atoms with E-state index in [0.29, 0.717) is 23.3 Å². The highest BCUT2D eigenvalue weighted by Crippen LogP contribution is 2.18. The number of carbonyl (C=O) groups excluding carboxylic acids is 1. The van der Waals surface area contributed by atoms with Gasteiger partial charge in [-0.25, -0.2) is 14.1 Å². The average molecular weight is 298 g/mol. The van der Waals surface area contributed by atoms with E-state index in [1.807, 2.05) is 6.07 Å². The highest BCUT2D eigenvalue weighted by atomic mass is 19.1. The molecule has 0 aliphatic heterocycles. The second-order valence-electron chi connectivity index (χ2n) is 5.21. The molecule has 0 unspecified atom stereocenters. The SMILES string of the molecule is CN(C)C(=O)c1nn(Cc2ccc(F)cc2)c2ncccc12. The first-order valence-electron chi connectivity index (χ1n) is 6.84. The van der Waals surface area contributed by atoms with Crippen LogP contribution in [0.4, 0.5) is 4.39 Å². The minimum Gasteiger partial charge on any atom is -0.343 e. The lowest BCUT2D eigenvalue weighted by Gasteiger charge is -2.07. The lowest BCUT2D eigenvalue weighted by atomic mass is 10.2. The summed E-state index contributed by atoms with van der Waals surface area (Å²) in [5.41, 5.74) is 1.90. The lowest BCUT2D eigenvalue weighted by Crippen LogP contribution is -2.22. The number of rotatable bonds is 3. The molecule has 0 saturated heterocycles. The zero-order valence-corrected chi connectivity index (χ0v) is 12.3. The van der Waals surface area contributed by atoms with Gasteiger partial charge in [-0.3, -0.25) is 4.79 Å². The Bertz CT molecular complexity index is 824. The number of aromatic nitrogens is 3. The highest BCUT2D eigenvalue weighted by Gasteiger charge is 2.19. The molecule has 0 bridgehead atoms. The Labute approximate surface area is 127 Å². The fraction of sp³-hybridized carbons (Fsp3) is 0.188. The van der Waals surface area contributed by atoms with E-state index in [4.69, 9.17) is 0 Å². The minimum absolute atomic E-state index is 0.171. The van der Waals surface area contributed by atoms with E-state index < -0.39 is 0 Å². The predicted octanol–water partition coefficient (Wildman–Crippen LogP) is 2.32. The second kappa shape index (κ2) is 5.55. The van der Waals surface area contributed by atoms with Crippen molar-refractivity contribution in [3.05, 3.63) is 59.7 Å². The van der Waals surface area contributed by atoms with Crippen LogP contribution in [0.2, 0.25) is 0 Å². The molecule has 2 aromatic heterocycles. The Morgan fingerprint density at radius 2 is 1.95 bits per heavy atom. The molecule has 0 N–H and O–H groups in total. The van der Waals surface area contributed by atoms with Crippen LogP contribution >= 0.6 is 0 Å². The van der Waals surface area contributed by atoms with Gasteiger partial charge >= 0.3 is 0 Å². The van der Waals surface area contributed by atoms with Crippen molar-refractivity contribution < 1.29 is 9.18 Å². The zero-order chi connectivity index (χ0) is 15.7. The van der Waals surface area contributed by atoms with Crippen LogP contribution in [-0.2, 0) is 6.54 Å². The van der Waals surface area contributed by atoms with Gasteiger partial charge in [-0.1, -0.05) is 12.1 Å². The molecular formula is C16H15FN4O. The summed E-state index contributed by atoms with van der Waals surface area (Å²) in [6.45, 7) is 0.425. The fourth-order valence-corrected chi connectivity index (χ4v) is 2.25. The normalized spacial score (nSPS) is 10.9. The first-order chi connectivity index (χ1) is 10.6.